The van der Waals surface area contributed by atoms with Crippen molar-refractivity contribution in [2.75, 3.05) is 18.1 Å². The first-order valence-corrected chi connectivity index (χ1v) is 7.31. The molecule has 1 heterocycles. The fraction of sp³-hybridized carbons (Fsp3) is 0.538. The maximum atomic E-state index is 12.1. The Morgan fingerprint density at radius 2 is 2.21 bits per heavy atom. The van der Waals surface area contributed by atoms with Crippen LogP contribution in [-0.4, -0.2) is 24.4 Å². The molecule has 0 radical (unpaired) electrons. The molecule has 0 spiro atoms. The highest BCUT2D eigenvalue weighted by Gasteiger charge is 2.31. The first kappa shape index (κ1) is 14.5. The van der Waals surface area contributed by atoms with Gasteiger partial charge in [0.2, 0.25) is 0 Å². The summed E-state index contributed by atoms with van der Waals surface area (Å²) in [7, 11) is 0. The highest BCUT2D eigenvalue weighted by Crippen LogP contribution is 2.24. The summed E-state index contributed by atoms with van der Waals surface area (Å²) < 4.78 is 40.2. The van der Waals surface area contributed by atoms with Crippen LogP contribution >= 0.6 is 11.8 Å². The summed E-state index contributed by atoms with van der Waals surface area (Å²) in [6.07, 6.45) is -3.41. The minimum absolute atomic E-state index is 0.164. The van der Waals surface area contributed by atoms with E-state index in [2.05, 4.69) is 10.1 Å². The Labute approximate surface area is 114 Å². The van der Waals surface area contributed by atoms with E-state index in [0.29, 0.717) is 12.5 Å². The molecule has 0 aliphatic carbocycles. The number of rotatable bonds is 5. The second kappa shape index (κ2) is 6.52. The van der Waals surface area contributed by atoms with E-state index in [-0.39, 0.29) is 5.75 Å². The molecule has 1 aromatic rings. The Balaban J connectivity index is 1.81. The van der Waals surface area contributed by atoms with E-state index in [9.17, 15) is 13.2 Å². The van der Waals surface area contributed by atoms with E-state index in [1.165, 1.54) is 30.1 Å². The predicted octanol–water partition coefficient (Wildman–Crippen LogP) is 3.43. The third kappa shape index (κ3) is 5.32. The maximum Gasteiger partial charge on any atom is 0.573 e. The third-order valence-electron chi connectivity index (χ3n) is 2.92. The van der Waals surface area contributed by atoms with E-state index in [4.69, 9.17) is 0 Å². The molecule has 106 valence electrons. The van der Waals surface area contributed by atoms with Crippen LogP contribution in [0.2, 0.25) is 0 Å². The Morgan fingerprint density at radius 1 is 1.37 bits per heavy atom. The molecule has 0 aromatic heterocycles. The summed E-state index contributed by atoms with van der Waals surface area (Å²) in [5.74, 6) is 2.90. The quantitative estimate of drug-likeness (QED) is 0.898. The molecule has 1 fully saturated rings. The van der Waals surface area contributed by atoms with Crippen LogP contribution in [0.1, 0.15) is 12.0 Å². The highest BCUT2D eigenvalue weighted by molar-refractivity contribution is 7.99. The number of halogens is 3. The van der Waals surface area contributed by atoms with Crippen molar-refractivity contribution >= 4 is 11.8 Å². The normalized spacial score (nSPS) is 19.6. The van der Waals surface area contributed by atoms with Gasteiger partial charge in [0.15, 0.2) is 0 Å². The molecule has 2 rings (SSSR count). The zero-order chi connectivity index (χ0) is 13.7. The lowest BCUT2D eigenvalue weighted by atomic mass is 10.1. The Morgan fingerprint density at radius 3 is 2.89 bits per heavy atom. The minimum atomic E-state index is -4.63. The summed E-state index contributed by atoms with van der Waals surface area (Å²) in [6.45, 7) is 1.48. The fourth-order valence-corrected chi connectivity index (χ4v) is 3.30. The zero-order valence-electron chi connectivity index (χ0n) is 10.4. The molecule has 0 amide bonds. The number of alkyl halides is 3. The number of thioether (sulfide) groups is 1. The van der Waals surface area contributed by atoms with Crippen molar-refractivity contribution in [3.63, 3.8) is 0 Å². The van der Waals surface area contributed by atoms with Crippen LogP contribution in [0.5, 0.6) is 5.75 Å². The Bertz CT molecular complexity index is 405. The van der Waals surface area contributed by atoms with Crippen LogP contribution in [0.25, 0.3) is 0 Å². The lowest BCUT2D eigenvalue weighted by Gasteiger charge is -2.12. The average molecular weight is 291 g/mol. The fourth-order valence-electron chi connectivity index (χ4n) is 2.02. The second-order valence-corrected chi connectivity index (χ2v) is 5.71. The van der Waals surface area contributed by atoms with Crippen molar-refractivity contribution in [2.45, 2.75) is 19.3 Å². The molecular formula is C13H16F3NOS. The van der Waals surface area contributed by atoms with Crippen LogP contribution < -0.4 is 10.1 Å². The molecule has 1 aliphatic rings. The molecule has 6 heteroatoms. The van der Waals surface area contributed by atoms with Crippen LogP contribution in [-0.2, 0) is 6.54 Å². The molecule has 0 bridgehead atoms. The number of hydrogen-bond acceptors (Lipinski definition) is 3. The van der Waals surface area contributed by atoms with Crippen LogP contribution in [0, 0.1) is 5.92 Å². The Kier molecular flexibility index (Phi) is 4.99. The van der Waals surface area contributed by atoms with Gasteiger partial charge in [0.1, 0.15) is 5.75 Å². The smallest absolute Gasteiger partial charge is 0.406 e. The van der Waals surface area contributed by atoms with Gasteiger partial charge in [-0.15, -0.1) is 13.2 Å². The molecule has 1 aliphatic heterocycles. The summed E-state index contributed by atoms with van der Waals surface area (Å²) in [6, 6.07) is 6.09. The zero-order valence-corrected chi connectivity index (χ0v) is 11.2. The second-order valence-electron chi connectivity index (χ2n) is 4.56. The third-order valence-corrected chi connectivity index (χ3v) is 4.15. The molecule has 1 saturated heterocycles. The number of nitrogens with one attached hydrogen (secondary N) is 1. The van der Waals surface area contributed by atoms with Crippen molar-refractivity contribution in [1.82, 2.24) is 5.32 Å². The van der Waals surface area contributed by atoms with Crippen molar-refractivity contribution in [3.8, 4) is 5.75 Å². The number of ether oxygens (including phenoxy) is 1. The van der Waals surface area contributed by atoms with Crippen molar-refractivity contribution < 1.29 is 17.9 Å². The summed E-state index contributed by atoms with van der Waals surface area (Å²) in [5, 5.41) is 3.28. The molecular weight excluding hydrogens is 275 g/mol. The van der Waals surface area contributed by atoms with Gasteiger partial charge in [-0.1, -0.05) is 12.1 Å². The van der Waals surface area contributed by atoms with Gasteiger partial charge in [-0.25, -0.2) is 0 Å². The minimum Gasteiger partial charge on any atom is -0.406 e. The average Bonchev–Trinajstić information content (AvgIpc) is 2.80. The van der Waals surface area contributed by atoms with Gasteiger partial charge in [0.25, 0.3) is 0 Å². The van der Waals surface area contributed by atoms with E-state index in [1.807, 2.05) is 11.8 Å². The van der Waals surface area contributed by atoms with Gasteiger partial charge in [0.05, 0.1) is 0 Å². The summed E-state index contributed by atoms with van der Waals surface area (Å²) in [5.41, 5.74) is 0.799. The molecule has 1 aromatic carbocycles. The standard InChI is InChI=1S/C13H16F3NOS/c14-13(15,16)18-12-3-1-2-10(6-12)7-17-8-11-4-5-19-9-11/h1-3,6,11,17H,4-5,7-9H2. The van der Waals surface area contributed by atoms with Crippen molar-refractivity contribution in [1.29, 1.82) is 0 Å². The first-order chi connectivity index (χ1) is 9.03. The van der Waals surface area contributed by atoms with E-state index >= 15 is 0 Å². The summed E-state index contributed by atoms with van der Waals surface area (Å²) in [4.78, 5) is 0. The maximum absolute atomic E-state index is 12.1. The lowest BCUT2D eigenvalue weighted by molar-refractivity contribution is -0.274. The highest BCUT2D eigenvalue weighted by atomic mass is 32.2. The van der Waals surface area contributed by atoms with E-state index in [1.54, 1.807) is 12.1 Å². The Hall–Kier alpha value is -0.880. The predicted molar refractivity (Wildman–Crippen MR) is 70.3 cm³/mol. The largest absolute Gasteiger partial charge is 0.573 e. The SMILES string of the molecule is FC(F)(F)Oc1cccc(CNCC2CCSC2)c1. The van der Waals surface area contributed by atoms with E-state index in [0.717, 1.165) is 12.1 Å². The summed E-state index contributed by atoms with van der Waals surface area (Å²) >= 11 is 1.95. The van der Waals surface area contributed by atoms with Gasteiger partial charge in [-0.3, -0.25) is 0 Å². The van der Waals surface area contributed by atoms with Crippen molar-refractivity contribution in [3.05, 3.63) is 29.8 Å². The topological polar surface area (TPSA) is 21.3 Å². The number of benzene rings is 1. The van der Waals surface area contributed by atoms with E-state index < -0.39 is 6.36 Å². The molecule has 19 heavy (non-hydrogen) atoms. The van der Waals surface area contributed by atoms with Gasteiger partial charge in [-0.05, 0) is 48.1 Å². The van der Waals surface area contributed by atoms with Crippen LogP contribution in [0.3, 0.4) is 0 Å². The molecule has 1 atom stereocenters. The molecule has 1 unspecified atom stereocenters. The molecule has 0 saturated carbocycles. The lowest BCUT2D eigenvalue weighted by Crippen LogP contribution is -2.22. The monoisotopic (exact) mass is 291 g/mol. The number of hydrogen-bond donors (Lipinski definition) is 1. The first-order valence-electron chi connectivity index (χ1n) is 6.16. The van der Waals surface area contributed by atoms with Gasteiger partial charge < -0.3 is 10.1 Å². The van der Waals surface area contributed by atoms with Crippen LogP contribution in [0.4, 0.5) is 13.2 Å². The van der Waals surface area contributed by atoms with Gasteiger partial charge in [-0.2, -0.15) is 11.8 Å². The molecule has 1 N–H and O–H groups in total. The molecule has 2 nitrogen and oxygen atoms in total. The van der Waals surface area contributed by atoms with Gasteiger partial charge >= 0.3 is 6.36 Å². The van der Waals surface area contributed by atoms with Crippen molar-refractivity contribution in [2.24, 2.45) is 5.92 Å². The van der Waals surface area contributed by atoms with Gasteiger partial charge in [0, 0.05) is 6.54 Å². The van der Waals surface area contributed by atoms with Crippen LogP contribution in [0.15, 0.2) is 24.3 Å².